The van der Waals surface area contributed by atoms with Crippen molar-refractivity contribution in [2.75, 3.05) is 0 Å². The lowest BCUT2D eigenvalue weighted by atomic mass is 10.1. The monoisotopic (exact) mass is 311 g/mol. The fourth-order valence-corrected chi connectivity index (χ4v) is 2.69. The Hall–Kier alpha value is -1.14. The molecular formula is C12H18BrN5. The molecule has 0 aliphatic heterocycles. The first kappa shape index (κ1) is 13.3. The largest absolute Gasteiger partial charge is 0.318 e. The maximum absolute atomic E-state index is 6.38. The van der Waals surface area contributed by atoms with Gasteiger partial charge in [0.05, 0.1) is 33.8 Å². The maximum Gasteiger partial charge on any atom is 0.0905 e. The van der Waals surface area contributed by atoms with Gasteiger partial charge < -0.3 is 5.73 Å². The van der Waals surface area contributed by atoms with Gasteiger partial charge in [-0.05, 0) is 42.8 Å². The summed E-state index contributed by atoms with van der Waals surface area (Å²) in [7, 11) is 0. The lowest BCUT2D eigenvalue weighted by Crippen LogP contribution is -2.21. The molecule has 0 amide bonds. The number of nitrogens with two attached hydrogens (primary N) is 1. The van der Waals surface area contributed by atoms with Crippen molar-refractivity contribution in [1.82, 2.24) is 19.6 Å². The molecule has 0 saturated heterocycles. The van der Waals surface area contributed by atoms with E-state index in [2.05, 4.69) is 40.0 Å². The van der Waals surface area contributed by atoms with E-state index in [0.29, 0.717) is 0 Å². The van der Waals surface area contributed by atoms with Crippen LogP contribution in [0.4, 0.5) is 0 Å². The second-order valence-corrected chi connectivity index (χ2v) is 5.05. The topological polar surface area (TPSA) is 61.7 Å². The Morgan fingerprint density at radius 2 is 2.00 bits per heavy atom. The molecule has 2 N–H and O–H groups in total. The lowest BCUT2D eigenvalue weighted by molar-refractivity contribution is 0.555. The summed E-state index contributed by atoms with van der Waals surface area (Å²) in [5, 5.41) is 8.74. The first-order valence-corrected chi connectivity index (χ1v) is 6.88. The van der Waals surface area contributed by atoms with Crippen LogP contribution in [0.25, 0.3) is 0 Å². The Labute approximate surface area is 115 Å². The van der Waals surface area contributed by atoms with Gasteiger partial charge in [0.2, 0.25) is 0 Å². The van der Waals surface area contributed by atoms with Crippen LogP contribution in [0.5, 0.6) is 0 Å². The van der Waals surface area contributed by atoms with Crippen molar-refractivity contribution in [1.29, 1.82) is 0 Å². The predicted octanol–water partition coefficient (Wildman–Crippen LogP) is 2.24. The number of nitrogens with zero attached hydrogens (tertiary/aromatic N) is 4. The molecule has 2 heterocycles. The van der Waals surface area contributed by atoms with Crippen molar-refractivity contribution >= 4 is 15.9 Å². The van der Waals surface area contributed by atoms with E-state index in [1.807, 2.05) is 22.4 Å². The van der Waals surface area contributed by atoms with Crippen molar-refractivity contribution in [3.63, 3.8) is 0 Å². The Kier molecular flexibility index (Phi) is 3.87. The van der Waals surface area contributed by atoms with Gasteiger partial charge in [0, 0.05) is 13.1 Å². The third-order valence-corrected chi connectivity index (χ3v) is 3.59. The molecule has 0 bridgehead atoms. The molecule has 0 saturated carbocycles. The minimum atomic E-state index is -0.219. The van der Waals surface area contributed by atoms with Gasteiger partial charge in [-0.1, -0.05) is 0 Å². The highest BCUT2D eigenvalue weighted by molar-refractivity contribution is 9.10. The fourth-order valence-electron chi connectivity index (χ4n) is 2.14. The summed E-state index contributed by atoms with van der Waals surface area (Å²) in [6, 6.07) is 1.82. The molecule has 5 nitrogen and oxygen atoms in total. The van der Waals surface area contributed by atoms with Crippen LogP contribution in [-0.2, 0) is 13.1 Å². The van der Waals surface area contributed by atoms with Gasteiger partial charge in [-0.15, -0.1) is 0 Å². The molecule has 2 rings (SSSR count). The zero-order valence-electron chi connectivity index (χ0n) is 10.9. The Balaban J connectivity index is 2.46. The third kappa shape index (κ3) is 2.22. The number of hydrogen-bond acceptors (Lipinski definition) is 3. The van der Waals surface area contributed by atoms with Gasteiger partial charge in [0.1, 0.15) is 0 Å². The third-order valence-electron chi connectivity index (χ3n) is 2.98. The molecule has 0 radical (unpaired) electrons. The molecule has 1 atom stereocenters. The number of hydrogen-bond donors (Lipinski definition) is 1. The van der Waals surface area contributed by atoms with E-state index in [-0.39, 0.29) is 6.04 Å². The molecule has 2 aromatic heterocycles. The zero-order valence-corrected chi connectivity index (χ0v) is 12.5. The predicted molar refractivity (Wildman–Crippen MR) is 74.3 cm³/mol. The minimum Gasteiger partial charge on any atom is -0.318 e. The highest BCUT2D eigenvalue weighted by Crippen LogP contribution is 2.27. The van der Waals surface area contributed by atoms with E-state index in [1.54, 1.807) is 6.20 Å². The molecule has 0 spiro atoms. The Morgan fingerprint density at radius 1 is 1.33 bits per heavy atom. The van der Waals surface area contributed by atoms with Gasteiger partial charge in [-0.25, -0.2) is 0 Å². The average Bonchev–Trinajstić information content (AvgIpc) is 2.91. The first-order valence-electron chi connectivity index (χ1n) is 6.09. The molecule has 98 valence electrons. The number of aryl methyl sites for hydroxylation is 3. The number of rotatable bonds is 4. The van der Waals surface area contributed by atoms with Crippen molar-refractivity contribution < 1.29 is 0 Å². The van der Waals surface area contributed by atoms with Gasteiger partial charge >= 0.3 is 0 Å². The summed E-state index contributed by atoms with van der Waals surface area (Å²) in [5.41, 5.74) is 9.38. The van der Waals surface area contributed by atoms with E-state index >= 15 is 0 Å². The Morgan fingerprint density at radius 3 is 2.61 bits per heavy atom. The molecule has 0 fully saturated rings. The highest BCUT2D eigenvalue weighted by atomic mass is 79.9. The summed E-state index contributed by atoms with van der Waals surface area (Å²) in [6.07, 6.45) is 1.79. The highest BCUT2D eigenvalue weighted by Gasteiger charge is 2.21. The lowest BCUT2D eigenvalue weighted by Gasteiger charge is -2.15. The molecule has 2 aromatic rings. The minimum absolute atomic E-state index is 0.219. The molecule has 1 unspecified atom stereocenters. The van der Waals surface area contributed by atoms with Gasteiger partial charge in [-0.2, -0.15) is 10.2 Å². The van der Waals surface area contributed by atoms with Gasteiger partial charge in [0.25, 0.3) is 0 Å². The molecule has 6 heteroatoms. The van der Waals surface area contributed by atoms with Crippen LogP contribution >= 0.6 is 15.9 Å². The molecule has 0 aliphatic carbocycles. The Bertz CT molecular complexity index is 543. The van der Waals surface area contributed by atoms with Gasteiger partial charge in [0.15, 0.2) is 0 Å². The number of aromatic nitrogens is 4. The zero-order chi connectivity index (χ0) is 13.3. The summed E-state index contributed by atoms with van der Waals surface area (Å²) in [4.78, 5) is 0. The summed E-state index contributed by atoms with van der Waals surface area (Å²) in [6.45, 7) is 7.71. The van der Waals surface area contributed by atoms with Crippen LogP contribution in [0, 0.1) is 6.92 Å². The fraction of sp³-hybridized carbons (Fsp3) is 0.500. The van der Waals surface area contributed by atoms with Gasteiger partial charge in [-0.3, -0.25) is 9.36 Å². The molecule has 0 aliphatic rings. The summed E-state index contributed by atoms with van der Waals surface area (Å²) >= 11 is 3.52. The van der Waals surface area contributed by atoms with Crippen LogP contribution < -0.4 is 5.73 Å². The van der Waals surface area contributed by atoms with E-state index < -0.39 is 0 Å². The van der Waals surface area contributed by atoms with Crippen LogP contribution in [-0.4, -0.2) is 19.6 Å². The molecule has 18 heavy (non-hydrogen) atoms. The molecule has 0 aromatic carbocycles. The number of halogens is 1. The summed E-state index contributed by atoms with van der Waals surface area (Å²) in [5.74, 6) is 0. The van der Waals surface area contributed by atoms with E-state index in [4.69, 9.17) is 5.73 Å². The van der Waals surface area contributed by atoms with Crippen LogP contribution in [0.2, 0.25) is 0 Å². The SMILES string of the molecule is CCn1nc(C)cc1C(N)c1c(Br)cnn1CC. The van der Waals surface area contributed by atoms with E-state index in [1.165, 1.54) is 0 Å². The van der Waals surface area contributed by atoms with Crippen LogP contribution in [0.1, 0.15) is 37.0 Å². The van der Waals surface area contributed by atoms with Crippen molar-refractivity contribution in [3.05, 3.63) is 33.8 Å². The molecular weight excluding hydrogens is 294 g/mol. The van der Waals surface area contributed by atoms with Crippen LogP contribution in [0.3, 0.4) is 0 Å². The average molecular weight is 312 g/mol. The summed E-state index contributed by atoms with van der Waals surface area (Å²) < 4.78 is 4.80. The van der Waals surface area contributed by atoms with Crippen molar-refractivity contribution in [2.45, 2.75) is 39.9 Å². The second-order valence-electron chi connectivity index (χ2n) is 4.20. The standard InChI is InChI=1S/C12H18BrN5/c1-4-17-10(6-8(3)16-17)11(14)12-9(13)7-15-18(12)5-2/h6-7,11H,4-5,14H2,1-3H3. The normalized spacial score (nSPS) is 12.9. The second kappa shape index (κ2) is 5.24. The van der Waals surface area contributed by atoms with E-state index in [9.17, 15) is 0 Å². The van der Waals surface area contributed by atoms with E-state index in [0.717, 1.165) is 34.6 Å². The smallest absolute Gasteiger partial charge is 0.0905 e. The van der Waals surface area contributed by atoms with Crippen molar-refractivity contribution in [2.24, 2.45) is 5.73 Å². The van der Waals surface area contributed by atoms with Crippen LogP contribution in [0.15, 0.2) is 16.7 Å². The van der Waals surface area contributed by atoms with Crippen molar-refractivity contribution in [3.8, 4) is 0 Å². The maximum atomic E-state index is 6.38. The quantitative estimate of drug-likeness (QED) is 0.942. The first-order chi connectivity index (χ1) is 8.58.